The lowest BCUT2D eigenvalue weighted by Crippen LogP contribution is -2.44. The van der Waals surface area contributed by atoms with Crippen molar-refractivity contribution in [2.24, 2.45) is 5.92 Å². The van der Waals surface area contributed by atoms with E-state index < -0.39 is 5.54 Å². The molecule has 19 heavy (non-hydrogen) atoms. The number of nitrogens with one attached hydrogen (secondary N) is 1. The van der Waals surface area contributed by atoms with Gasteiger partial charge in [0.15, 0.2) is 0 Å². The van der Waals surface area contributed by atoms with E-state index in [1.165, 1.54) is 0 Å². The smallest absolute Gasteiger partial charge is 0.229 e. The van der Waals surface area contributed by atoms with Crippen molar-refractivity contribution in [3.63, 3.8) is 0 Å². The SMILES string of the molecule is CC(C)(C#N)NC(=O)C(c1ccc(Cl)cc1)C1CC1. The van der Waals surface area contributed by atoms with Gasteiger partial charge in [-0.1, -0.05) is 23.7 Å². The van der Waals surface area contributed by atoms with Crippen LogP contribution < -0.4 is 5.32 Å². The van der Waals surface area contributed by atoms with Crippen LogP contribution in [0.5, 0.6) is 0 Å². The molecule has 3 nitrogen and oxygen atoms in total. The molecule has 1 aliphatic carbocycles. The summed E-state index contributed by atoms with van der Waals surface area (Å²) in [7, 11) is 0. The molecule has 100 valence electrons. The minimum absolute atomic E-state index is 0.0728. The van der Waals surface area contributed by atoms with E-state index in [0.717, 1.165) is 18.4 Å². The van der Waals surface area contributed by atoms with Crippen molar-refractivity contribution in [1.82, 2.24) is 5.32 Å². The van der Waals surface area contributed by atoms with Gasteiger partial charge in [-0.2, -0.15) is 5.26 Å². The van der Waals surface area contributed by atoms with Crippen molar-refractivity contribution >= 4 is 17.5 Å². The number of carbonyl (C=O) groups excluding carboxylic acids is 1. The number of amides is 1. The molecule has 1 unspecified atom stereocenters. The largest absolute Gasteiger partial charge is 0.338 e. The highest BCUT2D eigenvalue weighted by Crippen LogP contribution is 2.43. The summed E-state index contributed by atoms with van der Waals surface area (Å²) < 4.78 is 0. The van der Waals surface area contributed by atoms with Crippen molar-refractivity contribution < 1.29 is 4.79 Å². The fourth-order valence-corrected chi connectivity index (χ4v) is 2.28. The molecule has 0 bridgehead atoms. The summed E-state index contributed by atoms with van der Waals surface area (Å²) >= 11 is 5.88. The highest BCUT2D eigenvalue weighted by atomic mass is 35.5. The summed E-state index contributed by atoms with van der Waals surface area (Å²) in [5, 5.41) is 12.5. The lowest BCUT2D eigenvalue weighted by Gasteiger charge is -2.23. The van der Waals surface area contributed by atoms with E-state index in [0.29, 0.717) is 10.9 Å². The van der Waals surface area contributed by atoms with Crippen LogP contribution in [-0.4, -0.2) is 11.4 Å². The van der Waals surface area contributed by atoms with Gasteiger partial charge in [0, 0.05) is 5.02 Å². The molecule has 0 saturated heterocycles. The number of nitriles is 1. The van der Waals surface area contributed by atoms with Crippen molar-refractivity contribution in [2.45, 2.75) is 38.1 Å². The van der Waals surface area contributed by atoms with Crippen molar-refractivity contribution in [1.29, 1.82) is 5.26 Å². The molecule has 0 aromatic heterocycles. The van der Waals surface area contributed by atoms with Gasteiger partial charge >= 0.3 is 0 Å². The Bertz CT molecular complexity index is 512. The van der Waals surface area contributed by atoms with Crippen LogP contribution in [0.15, 0.2) is 24.3 Å². The van der Waals surface area contributed by atoms with Gasteiger partial charge in [0.1, 0.15) is 5.54 Å². The Kier molecular flexibility index (Phi) is 3.82. The Morgan fingerprint density at radius 1 is 1.42 bits per heavy atom. The maximum Gasteiger partial charge on any atom is 0.229 e. The zero-order chi connectivity index (χ0) is 14.0. The van der Waals surface area contributed by atoms with Crippen LogP contribution in [0.3, 0.4) is 0 Å². The first kappa shape index (κ1) is 13.9. The van der Waals surface area contributed by atoms with Crippen LogP contribution in [0.4, 0.5) is 0 Å². The van der Waals surface area contributed by atoms with Crippen LogP contribution in [0.2, 0.25) is 5.02 Å². The molecule has 1 aromatic rings. The molecule has 1 saturated carbocycles. The zero-order valence-corrected chi connectivity index (χ0v) is 11.9. The third kappa shape index (κ3) is 3.48. The summed E-state index contributed by atoms with van der Waals surface area (Å²) in [6, 6.07) is 9.48. The molecule has 2 rings (SSSR count). The lowest BCUT2D eigenvalue weighted by molar-refractivity contribution is -0.124. The Hall–Kier alpha value is -1.53. The van der Waals surface area contributed by atoms with Crippen molar-refractivity contribution in [3.05, 3.63) is 34.9 Å². The molecular weight excluding hydrogens is 260 g/mol. The average Bonchev–Trinajstić information content (AvgIpc) is 3.16. The third-order valence-corrected chi connectivity index (χ3v) is 3.57. The molecule has 1 atom stereocenters. The van der Waals surface area contributed by atoms with Crippen LogP contribution in [0.25, 0.3) is 0 Å². The molecule has 1 amide bonds. The quantitative estimate of drug-likeness (QED) is 0.918. The standard InChI is InChI=1S/C15H17ClN2O/c1-15(2,9-17)18-14(19)13(10-3-4-10)11-5-7-12(16)8-6-11/h5-8,10,13H,3-4H2,1-2H3,(H,18,19). The first-order valence-corrected chi connectivity index (χ1v) is 6.79. The molecule has 1 fully saturated rings. The highest BCUT2D eigenvalue weighted by Gasteiger charge is 2.38. The van der Waals surface area contributed by atoms with Gasteiger partial charge in [-0.3, -0.25) is 4.79 Å². The van der Waals surface area contributed by atoms with E-state index in [9.17, 15) is 4.79 Å². The molecule has 0 spiro atoms. The minimum Gasteiger partial charge on any atom is -0.338 e. The summed E-state index contributed by atoms with van der Waals surface area (Å²) in [5.74, 6) is 0.136. The van der Waals surface area contributed by atoms with Gasteiger partial charge in [0.25, 0.3) is 0 Å². The summed E-state index contributed by atoms with van der Waals surface area (Å²) in [4.78, 5) is 12.4. The molecular formula is C15H17ClN2O. The van der Waals surface area contributed by atoms with Crippen molar-refractivity contribution in [2.75, 3.05) is 0 Å². The second kappa shape index (κ2) is 5.22. The molecule has 0 aliphatic heterocycles. The fourth-order valence-electron chi connectivity index (χ4n) is 2.15. The molecule has 0 heterocycles. The maximum absolute atomic E-state index is 12.4. The Morgan fingerprint density at radius 3 is 2.47 bits per heavy atom. The molecule has 1 N–H and O–H groups in total. The van der Waals surface area contributed by atoms with Gasteiger partial charge in [0.2, 0.25) is 5.91 Å². The molecule has 4 heteroatoms. The highest BCUT2D eigenvalue weighted by molar-refractivity contribution is 6.30. The lowest BCUT2D eigenvalue weighted by atomic mass is 9.92. The van der Waals surface area contributed by atoms with E-state index in [1.54, 1.807) is 26.0 Å². The van der Waals surface area contributed by atoms with E-state index in [4.69, 9.17) is 16.9 Å². The number of carbonyl (C=O) groups is 1. The second-order valence-electron chi connectivity index (χ2n) is 5.59. The van der Waals surface area contributed by atoms with Crippen molar-refractivity contribution in [3.8, 4) is 6.07 Å². The Balaban J connectivity index is 2.19. The molecule has 1 aromatic carbocycles. The molecule has 1 aliphatic rings. The summed E-state index contributed by atoms with van der Waals surface area (Å²) in [6.07, 6.45) is 2.13. The van der Waals surface area contributed by atoms with Gasteiger partial charge in [-0.15, -0.1) is 0 Å². The van der Waals surface area contributed by atoms with Gasteiger partial charge < -0.3 is 5.32 Å². The van der Waals surface area contributed by atoms with E-state index in [1.807, 2.05) is 12.1 Å². The number of hydrogen-bond acceptors (Lipinski definition) is 2. The second-order valence-corrected chi connectivity index (χ2v) is 6.03. The van der Waals surface area contributed by atoms with Gasteiger partial charge in [0.05, 0.1) is 12.0 Å². The topological polar surface area (TPSA) is 52.9 Å². The normalized spacial score (nSPS) is 16.5. The number of rotatable bonds is 4. The first-order chi connectivity index (χ1) is 8.93. The van der Waals surface area contributed by atoms with Crippen LogP contribution in [0.1, 0.15) is 38.2 Å². The maximum atomic E-state index is 12.4. The number of halogens is 1. The zero-order valence-electron chi connectivity index (χ0n) is 11.1. The van der Waals surface area contributed by atoms with Crippen LogP contribution in [0, 0.1) is 17.2 Å². The van der Waals surface area contributed by atoms with E-state index in [-0.39, 0.29) is 11.8 Å². The number of hydrogen-bond donors (Lipinski definition) is 1. The van der Waals surface area contributed by atoms with Crippen LogP contribution in [-0.2, 0) is 4.79 Å². The van der Waals surface area contributed by atoms with E-state index in [2.05, 4.69) is 11.4 Å². The molecule has 0 radical (unpaired) electrons. The Morgan fingerprint density at radius 2 is 2.00 bits per heavy atom. The van der Waals surface area contributed by atoms with Gasteiger partial charge in [-0.05, 0) is 50.3 Å². The first-order valence-electron chi connectivity index (χ1n) is 6.42. The third-order valence-electron chi connectivity index (χ3n) is 3.32. The minimum atomic E-state index is -0.837. The summed E-state index contributed by atoms with van der Waals surface area (Å²) in [6.45, 7) is 3.41. The monoisotopic (exact) mass is 276 g/mol. The fraction of sp³-hybridized carbons (Fsp3) is 0.467. The van der Waals surface area contributed by atoms with E-state index >= 15 is 0 Å². The van der Waals surface area contributed by atoms with Crippen LogP contribution >= 0.6 is 11.6 Å². The Labute approximate surface area is 118 Å². The predicted octanol–water partition coefficient (Wildman–Crippen LogP) is 3.25. The predicted molar refractivity (Wildman–Crippen MR) is 74.8 cm³/mol. The number of nitrogens with zero attached hydrogens (tertiary/aromatic N) is 1. The number of benzene rings is 1. The summed E-state index contributed by atoms with van der Waals surface area (Å²) in [5.41, 5.74) is 0.134. The average molecular weight is 277 g/mol. The van der Waals surface area contributed by atoms with Gasteiger partial charge in [-0.25, -0.2) is 0 Å².